The van der Waals surface area contributed by atoms with Gasteiger partial charge in [0, 0.05) is 23.4 Å². The molecule has 1 aromatic heterocycles. The third kappa shape index (κ3) is 6.30. The fourth-order valence-electron chi connectivity index (χ4n) is 3.28. The first-order chi connectivity index (χ1) is 18.0. The van der Waals surface area contributed by atoms with Crippen molar-refractivity contribution in [3.8, 4) is 28.6 Å². The van der Waals surface area contributed by atoms with Crippen molar-refractivity contribution in [3.05, 3.63) is 88.5 Å². The first-order valence-electron chi connectivity index (χ1n) is 10.9. The minimum absolute atomic E-state index is 0.0208. The lowest BCUT2D eigenvalue weighted by molar-refractivity contribution is -0.384. The topological polar surface area (TPSA) is 134 Å². The van der Waals surface area contributed by atoms with Crippen LogP contribution in [0, 0.1) is 10.1 Å². The Balaban J connectivity index is 1.49. The Morgan fingerprint density at radius 2 is 1.62 bits per heavy atom. The van der Waals surface area contributed by atoms with Crippen molar-refractivity contribution in [2.75, 3.05) is 20.0 Å². The maximum absolute atomic E-state index is 12.4. The van der Waals surface area contributed by atoms with Crippen LogP contribution in [0.3, 0.4) is 0 Å². The fraction of sp³-hybridized carbons (Fsp3) is 0.120. The highest BCUT2D eigenvalue weighted by Crippen LogP contribution is 2.29. The molecule has 0 unspecified atom stereocenters. The van der Waals surface area contributed by atoms with E-state index < -0.39 is 4.92 Å². The summed E-state index contributed by atoms with van der Waals surface area (Å²) in [7, 11) is 3.20. The molecular formula is C25H22N6O5S. The molecule has 1 amide bonds. The molecule has 0 aliphatic carbocycles. The van der Waals surface area contributed by atoms with Gasteiger partial charge in [0.05, 0.1) is 31.1 Å². The van der Waals surface area contributed by atoms with Gasteiger partial charge in [0.1, 0.15) is 11.5 Å². The third-order valence-electron chi connectivity index (χ3n) is 5.15. The summed E-state index contributed by atoms with van der Waals surface area (Å²) in [4.78, 5) is 22.7. The highest BCUT2D eigenvalue weighted by molar-refractivity contribution is 7.99. The van der Waals surface area contributed by atoms with Crippen molar-refractivity contribution in [1.82, 2.24) is 20.2 Å². The maximum atomic E-state index is 12.4. The molecule has 0 saturated carbocycles. The summed E-state index contributed by atoms with van der Waals surface area (Å²) >= 11 is 1.21. The number of aromatic nitrogens is 3. The SMILES string of the molecule is COc1ccc(-c2nnc(SCC(=O)N/N=C/c3ccc([N+](=O)[O-])cc3)n2-c2ccc(OC)cc2)cc1. The van der Waals surface area contributed by atoms with E-state index in [2.05, 4.69) is 20.7 Å². The molecule has 12 heteroatoms. The predicted molar refractivity (Wildman–Crippen MR) is 139 cm³/mol. The van der Waals surface area contributed by atoms with Gasteiger partial charge in [0.25, 0.3) is 11.6 Å². The van der Waals surface area contributed by atoms with Gasteiger partial charge in [-0.15, -0.1) is 10.2 Å². The molecule has 4 rings (SSSR count). The van der Waals surface area contributed by atoms with Crippen LogP contribution in [-0.4, -0.2) is 51.8 Å². The van der Waals surface area contributed by atoms with Crippen molar-refractivity contribution in [2.24, 2.45) is 5.10 Å². The lowest BCUT2D eigenvalue weighted by Gasteiger charge is -2.11. The molecule has 3 aromatic carbocycles. The number of nitro benzene ring substituents is 1. The number of nitro groups is 1. The van der Waals surface area contributed by atoms with Crippen LogP contribution in [0.2, 0.25) is 0 Å². The zero-order valence-electron chi connectivity index (χ0n) is 19.9. The molecule has 11 nitrogen and oxygen atoms in total. The Kier molecular flexibility index (Phi) is 8.11. The number of amides is 1. The quantitative estimate of drug-likeness (QED) is 0.144. The molecule has 0 fully saturated rings. The van der Waals surface area contributed by atoms with Gasteiger partial charge in [0.2, 0.25) is 0 Å². The molecule has 0 spiro atoms. The summed E-state index contributed by atoms with van der Waals surface area (Å²) in [5.41, 5.74) is 4.67. The summed E-state index contributed by atoms with van der Waals surface area (Å²) in [5.74, 6) is 1.72. The number of hydrazone groups is 1. The highest BCUT2D eigenvalue weighted by atomic mass is 32.2. The molecule has 0 saturated heterocycles. The molecule has 4 aromatic rings. The van der Waals surface area contributed by atoms with Crippen LogP contribution in [0.4, 0.5) is 5.69 Å². The van der Waals surface area contributed by atoms with Crippen molar-refractivity contribution in [3.63, 3.8) is 0 Å². The number of nitrogens with zero attached hydrogens (tertiary/aromatic N) is 5. The summed E-state index contributed by atoms with van der Waals surface area (Å²) in [6.45, 7) is 0. The number of hydrogen-bond donors (Lipinski definition) is 1. The summed E-state index contributed by atoms with van der Waals surface area (Å²) < 4.78 is 12.4. The van der Waals surface area contributed by atoms with E-state index in [0.29, 0.717) is 22.3 Å². The number of thioether (sulfide) groups is 1. The van der Waals surface area contributed by atoms with Gasteiger partial charge in [0.15, 0.2) is 11.0 Å². The summed E-state index contributed by atoms with van der Waals surface area (Å²) in [6.07, 6.45) is 1.41. The van der Waals surface area contributed by atoms with Gasteiger partial charge in [-0.05, 0) is 66.2 Å². The van der Waals surface area contributed by atoms with Gasteiger partial charge >= 0.3 is 0 Å². The van der Waals surface area contributed by atoms with Crippen molar-refractivity contribution in [1.29, 1.82) is 0 Å². The minimum atomic E-state index is -0.481. The molecule has 0 bridgehead atoms. The van der Waals surface area contributed by atoms with Crippen LogP contribution >= 0.6 is 11.8 Å². The standard InChI is InChI=1S/C25H22N6O5S/c1-35-21-11-5-18(6-12-21)24-28-29-25(30(24)19-9-13-22(36-2)14-10-19)37-16-23(32)27-26-15-17-3-7-20(8-4-17)31(33)34/h3-15H,16H2,1-2H3,(H,27,32)/b26-15+. The molecule has 188 valence electrons. The Bertz CT molecular complexity index is 1400. The van der Waals surface area contributed by atoms with E-state index in [1.165, 1.54) is 30.1 Å². The van der Waals surface area contributed by atoms with Gasteiger partial charge in [-0.25, -0.2) is 5.43 Å². The molecule has 0 aliphatic heterocycles. The molecular weight excluding hydrogens is 496 g/mol. The third-order valence-corrected chi connectivity index (χ3v) is 6.08. The van der Waals surface area contributed by atoms with E-state index >= 15 is 0 Å². The van der Waals surface area contributed by atoms with E-state index in [1.807, 2.05) is 53.1 Å². The van der Waals surface area contributed by atoms with Gasteiger partial charge < -0.3 is 9.47 Å². The number of carbonyl (C=O) groups is 1. The van der Waals surface area contributed by atoms with Crippen molar-refractivity contribution >= 4 is 29.6 Å². The van der Waals surface area contributed by atoms with E-state index in [4.69, 9.17) is 9.47 Å². The van der Waals surface area contributed by atoms with Crippen LogP contribution in [0.25, 0.3) is 17.1 Å². The second-order valence-electron chi connectivity index (χ2n) is 7.50. The van der Waals surface area contributed by atoms with Crippen LogP contribution < -0.4 is 14.9 Å². The summed E-state index contributed by atoms with van der Waals surface area (Å²) in [5, 5.41) is 23.9. The van der Waals surface area contributed by atoms with Gasteiger partial charge in [-0.1, -0.05) is 11.8 Å². The maximum Gasteiger partial charge on any atom is 0.269 e. The van der Waals surface area contributed by atoms with E-state index in [-0.39, 0.29) is 17.3 Å². The van der Waals surface area contributed by atoms with E-state index in [9.17, 15) is 14.9 Å². The average Bonchev–Trinajstić information content (AvgIpc) is 3.36. The van der Waals surface area contributed by atoms with Crippen LogP contribution in [0.15, 0.2) is 83.1 Å². The monoisotopic (exact) mass is 518 g/mol. The molecule has 1 N–H and O–H groups in total. The predicted octanol–water partition coefficient (Wildman–Crippen LogP) is 4.10. The number of non-ortho nitro benzene ring substituents is 1. The molecule has 37 heavy (non-hydrogen) atoms. The Morgan fingerprint density at radius 1 is 1.00 bits per heavy atom. The second-order valence-corrected chi connectivity index (χ2v) is 8.44. The van der Waals surface area contributed by atoms with Crippen molar-refractivity contribution < 1.29 is 19.2 Å². The molecule has 0 radical (unpaired) electrons. The first-order valence-corrected chi connectivity index (χ1v) is 11.9. The van der Waals surface area contributed by atoms with Crippen molar-refractivity contribution in [2.45, 2.75) is 5.16 Å². The van der Waals surface area contributed by atoms with Gasteiger partial charge in [-0.3, -0.25) is 19.5 Å². The second kappa shape index (κ2) is 11.8. The number of carbonyl (C=O) groups excluding carboxylic acids is 1. The number of nitrogens with one attached hydrogen (secondary N) is 1. The smallest absolute Gasteiger partial charge is 0.269 e. The van der Waals surface area contributed by atoms with Gasteiger partial charge in [-0.2, -0.15) is 5.10 Å². The number of ether oxygens (including phenoxy) is 2. The zero-order valence-corrected chi connectivity index (χ0v) is 20.7. The zero-order chi connectivity index (χ0) is 26.2. The fourth-order valence-corrected chi connectivity index (χ4v) is 4.02. The molecule has 0 atom stereocenters. The molecule has 1 heterocycles. The first kappa shape index (κ1) is 25.4. The Hall–Kier alpha value is -4.71. The van der Waals surface area contributed by atoms with Crippen LogP contribution in [0.5, 0.6) is 11.5 Å². The lowest BCUT2D eigenvalue weighted by Crippen LogP contribution is -2.20. The number of methoxy groups -OCH3 is 2. The normalized spacial score (nSPS) is 10.9. The summed E-state index contributed by atoms with van der Waals surface area (Å²) in [6, 6.07) is 20.7. The molecule has 0 aliphatic rings. The van der Waals surface area contributed by atoms with Crippen LogP contribution in [0.1, 0.15) is 5.56 Å². The Labute approximate surface area is 216 Å². The number of hydrogen-bond acceptors (Lipinski definition) is 9. The van der Waals surface area contributed by atoms with E-state index in [1.54, 1.807) is 26.4 Å². The average molecular weight is 519 g/mol. The number of benzene rings is 3. The lowest BCUT2D eigenvalue weighted by atomic mass is 10.2. The number of rotatable bonds is 10. The largest absolute Gasteiger partial charge is 0.497 e. The Morgan fingerprint density at radius 3 is 2.22 bits per heavy atom. The minimum Gasteiger partial charge on any atom is -0.497 e. The van der Waals surface area contributed by atoms with E-state index in [0.717, 1.165) is 17.0 Å². The van der Waals surface area contributed by atoms with Crippen LogP contribution in [-0.2, 0) is 4.79 Å². The highest BCUT2D eigenvalue weighted by Gasteiger charge is 2.17.